The highest BCUT2D eigenvalue weighted by atomic mass is 16.5. The van der Waals surface area contributed by atoms with Crippen LogP contribution in [0.15, 0.2) is 54.6 Å². The lowest BCUT2D eigenvalue weighted by atomic mass is 10.0. The third-order valence-corrected chi connectivity index (χ3v) is 5.50. The van der Waals surface area contributed by atoms with Crippen LogP contribution in [-0.2, 0) is 14.3 Å². The molecule has 0 saturated carbocycles. The third kappa shape index (κ3) is 3.98. The minimum Gasteiger partial charge on any atom is -0.457 e. The van der Waals surface area contributed by atoms with Crippen molar-refractivity contribution >= 4 is 17.5 Å². The molecule has 0 radical (unpaired) electrons. The largest absolute Gasteiger partial charge is 0.457 e. The van der Waals surface area contributed by atoms with Gasteiger partial charge in [0.15, 0.2) is 0 Å². The van der Waals surface area contributed by atoms with Crippen molar-refractivity contribution in [1.82, 2.24) is 4.90 Å². The molecule has 0 spiro atoms. The molecule has 29 heavy (non-hydrogen) atoms. The van der Waals surface area contributed by atoms with Crippen LogP contribution in [0.5, 0.6) is 11.5 Å². The van der Waals surface area contributed by atoms with Crippen molar-refractivity contribution in [2.24, 2.45) is 0 Å². The molecule has 4 rings (SSSR count). The Morgan fingerprint density at radius 1 is 1.07 bits per heavy atom. The van der Waals surface area contributed by atoms with Gasteiger partial charge in [0.1, 0.15) is 17.5 Å². The molecule has 0 bridgehead atoms. The number of benzene rings is 2. The van der Waals surface area contributed by atoms with E-state index >= 15 is 0 Å². The van der Waals surface area contributed by atoms with Gasteiger partial charge in [-0.1, -0.05) is 18.2 Å². The highest BCUT2D eigenvalue weighted by Gasteiger charge is 2.43. The fourth-order valence-corrected chi connectivity index (χ4v) is 3.99. The number of ether oxygens (including phenoxy) is 2. The standard InChI is InChI=1S/C23H26N2O4/c1-23(2)16-28-15-14-24(23)22(27)20-12-13-21(26)25(20)17-8-10-19(11-9-17)29-18-6-4-3-5-7-18/h3-11,20H,12-16H2,1-2H3. The molecule has 2 heterocycles. The van der Waals surface area contributed by atoms with E-state index in [4.69, 9.17) is 9.47 Å². The fraction of sp³-hybridized carbons (Fsp3) is 0.391. The Morgan fingerprint density at radius 2 is 1.76 bits per heavy atom. The third-order valence-electron chi connectivity index (χ3n) is 5.50. The molecule has 0 N–H and O–H groups in total. The van der Waals surface area contributed by atoms with E-state index in [9.17, 15) is 9.59 Å². The Balaban J connectivity index is 1.53. The topological polar surface area (TPSA) is 59.1 Å². The summed E-state index contributed by atoms with van der Waals surface area (Å²) < 4.78 is 11.4. The molecule has 6 nitrogen and oxygen atoms in total. The summed E-state index contributed by atoms with van der Waals surface area (Å²) in [4.78, 5) is 29.4. The van der Waals surface area contributed by atoms with Crippen LogP contribution >= 0.6 is 0 Å². The molecule has 1 unspecified atom stereocenters. The van der Waals surface area contributed by atoms with Crippen LogP contribution in [0.3, 0.4) is 0 Å². The smallest absolute Gasteiger partial charge is 0.246 e. The van der Waals surface area contributed by atoms with Crippen molar-refractivity contribution in [1.29, 1.82) is 0 Å². The van der Waals surface area contributed by atoms with Gasteiger partial charge >= 0.3 is 0 Å². The zero-order valence-electron chi connectivity index (χ0n) is 16.8. The van der Waals surface area contributed by atoms with Crippen LogP contribution in [-0.4, -0.2) is 48.1 Å². The summed E-state index contributed by atoms with van der Waals surface area (Å²) in [6.45, 7) is 5.59. The average molecular weight is 394 g/mol. The highest BCUT2D eigenvalue weighted by Crippen LogP contribution is 2.32. The summed E-state index contributed by atoms with van der Waals surface area (Å²) in [5.74, 6) is 1.41. The summed E-state index contributed by atoms with van der Waals surface area (Å²) in [6, 6.07) is 16.4. The van der Waals surface area contributed by atoms with Crippen molar-refractivity contribution in [3.8, 4) is 11.5 Å². The molecular formula is C23H26N2O4. The molecule has 2 aromatic carbocycles. The number of para-hydroxylation sites is 1. The van der Waals surface area contributed by atoms with Gasteiger partial charge in [0.2, 0.25) is 11.8 Å². The molecule has 2 aliphatic rings. The first-order valence-corrected chi connectivity index (χ1v) is 10.00. The SMILES string of the molecule is CC1(C)COCCN1C(=O)C1CCC(=O)N1c1ccc(Oc2ccccc2)cc1. The molecule has 152 valence electrons. The number of rotatable bonds is 4. The Kier molecular flexibility index (Phi) is 5.28. The number of amides is 2. The fourth-order valence-electron chi connectivity index (χ4n) is 3.99. The predicted octanol–water partition coefficient (Wildman–Crippen LogP) is 3.61. The van der Waals surface area contributed by atoms with E-state index in [1.807, 2.05) is 73.3 Å². The molecule has 1 atom stereocenters. The molecule has 2 amide bonds. The summed E-state index contributed by atoms with van der Waals surface area (Å²) in [6.07, 6.45) is 0.914. The van der Waals surface area contributed by atoms with E-state index in [1.54, 1.807) is 4.90 Å². The number of carbonyl (C=O) groups excluding carboxylic acids is 2. The monoisotopic (exact) mass is 394 g/mol. The molecule has 0 aromatic heterocycles. The van der Waals surface area contributed by atoms with Crippen LogP contribution in [0.1, 0.15) is 26.7 Å². The zero-order valence-corrected chi connectivity index (χ0v) is 16.8. The lowest BCUT2D eigenvalue weighted by Gasteiger charge is -2.44. The Bertz CT molecular complexity index is 880. The highest BCUT2D eigenvalue weighted by molar-refractivity contribution is 6.04. The molecule has 0 aliphatic carbocycles. The second kappa shape index (κ2) is 7.87. The predicted molar refractivity (Wildman–Crippen MR) is 110 cm³/mol. The van der Waals surface area contributed by atoms with Crippen molar-refractivity contribution in [3.63, 3.8) is 0 Å². The van der Waals surface area contributed by atoms with Gasteiger partial charge < -0.3 is 14.4 Å². The van der Waals surface area contributed by atoms with Crippen LogP contribution in [0.2, 0.25) is 0 Å². The number of carbonyl (C=O) groups is 2. The first-order chi connectivity index (χ1) is 14.0. The Labute approximate surface area is 171 Å². The van der Waals surface area contributed by atoms with E-state index in [-0.39, 0.29) is 17.4 Å². The number of hydrogen-bond donors (Lipinski definition) is 0. The van der Waals surface area contributed by atoms with Gasteiger partial charge in [0.05, 0.1) is 18.8 Å². The number of anilines is 1. The minimum absolute atomic E-state index is 0.00578. The molecule has 2 fully saturated rings. The lowest BCUT2D eigenvalue weighted by molar-refractivity contribution is -0.147. The normalized spacial score (nSPS) is 21.3. The minimum atomic E-state index is -0.472. The van der Waals surface area contributed by atoms with Crippen LogP contribution in [0, 0.1) is 0 Å². The zero-order chi connectivity index (χ0) is 20.4. The van der Waals surface area contributed by atoms with Gasteiger partial charge in [-0.2, -0.15) is 0 Å². The second-order valence-electron chi connectivity index (χ2n) is 8.08. The molecule has 2 aliphatic heterocycles. The van der Waals surface area contributed by atoms with E-state index in [0.29, 0.717) is 38.3 Å². The molecule has 2 saturated heterocycles. The molecule has 6 heteroatoms. The first-order valence-electron chi connectivity index (χ1n) is 10.00. The second-order valence-corrected chi connectivity index (χ2v) is 8.08. The summed E-state index contributed by atoms with van der Waals surface area (Å²) in [5.41, 5.74) is 0.345. The maximum absolute atomic E-state index is 13.3. The molecule has 2 aromatic rings. The van der Waals surface area contributed by atoms with Gasteiger partial charge in [0, 0.05) is 18.7 Å². The van der Waals surface area contributed by atoms with E-state index in [2.05, 4.69) is 0 Å². The van der Waals surface area contributed by atoms with E-state index < -0.39 is 6.04 Å². The lowest BCUT2D eigenvalue weighted by Crippen LogP contribution is -2.60. The average Bonchev–Trinajstić information content (AvgIpc) is 3.10. The van der Waals surface area contributed by atoms with Crippen LogP contribution in [0.4, 0.5) is 5.69 Å². The van der Waals surface area contributed by atoms with Crippen molar-refractivity contribution in [2.75, 3.05) is 24.7 Å². The van der Waals surface area contributed by atoms with Crippen LogP contribution in [0.25, 0.3) is 0 Å². The summed E-state index contributed by atoms with van der Waals surface area (Å²) in [5, 5.41) is 0. The first kappa shape index (κ1) is 19.5. The number of hydrogen-bond acceptors (Lipinski definition) is 4. The van der Waals surface area contributed by atoms with Gasteiger partial charge in [-0.3, -0.25) is 14.5 Å². The maximum atomic E-state index is 13.3. The van der Waals surface area contributed by atoms with Gasteiger partial charge in [-0.05, 0) is 56.7 Å². The van der Waals surface area contributed by atoms with Crippen molar-refractivity contribution < 1.29 is 19.1 Å². The Morgan fingerprint density at radius 3 is 2.45 bits per heavy atom. The summed E-state index contributed by atoms with van der Waals surface area (Å²) >= 11 is 0. The maximum Gasteiger partial charge on any atom is 0.246 e. The van der Waals surface area contributed by atoms with Gasteiger partial charge in [-0.25, -0.2) is 0 Å². The van der Waals surface area contributed by atoms with E-state index in [0.717, 1.165) is 11.4 Å². The number of nitrogens with zero attached hydrogens (tertiary/aromatic N) is 2. The Hall–Kier alpha value is -2.86. The van der Waals surface area contributed by atoms with Gasteiger partial charge in [-0.15, -0.1) is 0 Å². The molecular weight excluding hydrogens is 368 g/mol. The van der Waals surface area contributed by atoms with Crippen molar-refractivity contribution in [3.05, 3.63) is 54.6 Å². The van der Waals surface area contributed by atoms with Gasteiger partial charge in [0.25, 0.3) is 0 Å². The van der Waals surface area contributed by atoms with Crippen LogP contribution < -0.4 is 9.64 Å². The number of morpholine rings is 1. The quantitative estimate of drug-likeness (QED) is 0.795. The van der Waals surface area contributed by atoms with E-state index in [1.165, 1.54) is 0 Å². The summed E-state index contributed by atoms with van der Waals surface area (Å²) in [7, 11) is 0. The van der Waals surface area contributed by atoms with Crippen molar-refractivity contribution in [2.45, 2.75) is 38.3 Å².